The Bertz CT molecular complexity index is 1040. The zero-order valence-electron chi connectivity index (χ0n) is 20.2. The molecule has 0 aliphatic carbocycles. The second-order valence-electron chi connectivity index (χ2n) is 8.60. The second-order valence-corrected chi connectivity index (χ2v) is 10.5. The van der Waals surface area contributed by atoms with Crippen molar-refractivity contribution < 1.29 is 13.2 Å². The van der Waals surface area contributed by atoms with E-state index < -0.39 is 10.0 Å². The molecule has 0 aromatic heterocycles. The molecule has 0 unspecified atom stereocenters. The summed E-state index contributed by atoms with van der Waals surface area (Å²) in [5, 5.41) is 2.96. The highest BCUT2D eigenvalue weighted by molar-refractivity contribution is 7.89. The lowest BCUT2D eigenvalue weighted by Gasteiger charge is -2.34. The van der Waals surface area contributed by atoms with E-state index >= 15 is 0 Å². The maximum atomic E-state index is 13.0. The molecule has 2 amide bonds. The molecule has 3 rings (SSSR count). The summed E-state index contributed by atoms with van der Waals surface area (Å²) in [6.07, 6.45) is 0. The molecule has 1 heterocycles. The molecule has 1 saturated heterocycles. The van der Waals surface area contributed by atoms with Gasteiger partial charge in [0.1, 0.15) is 0 Å². The van der Waals surface area contributed by atoms with Crippen LogP contribution in [0.4, 0.5) is 4.79 Å². The topological polar surface area (TPSA) is 73.0 Å². The number of rotatable bonds is 8. The second kappa shape index (κ2) is 11.1. The largest absolute Gasteiger partial charge is 0.334 e. The van der Waals surface area contributed by atoms with Crippen molar-refractivity contribution in [1.29, 1.82) is 0 Å². The minimum atomic E-state index is -3.56. The predicted octanol–water partition coefficient (Wildman–Crippen LogP) is 3.36. The molecule has 0 spiro atoms. The highest BCUT2D eigenvalue weighted by Crippen LogP contribution is 2.22. The van der Waals surface area contributed by atoms with Crippen LogP contribution in [0, 0.1) is 13.8 Å². The fourth-order valence-electron chi connectivity index (χ4n) is 4.12. The quantitative estimate of drug-likeness (QED) is 0.639. The molecule has 7 nitrogen and oxygen atoms in total. The van der Waals surface area contributed by atoms with Crippen molar-refractivity contribution in [2.24, 2.45) is 0 Å². The molecule has 0 bridgehead atoms. The van der Waals surface area contributed by atoms with Gasteiger partial charge in [-0.05, 0) is 49.7 Å². The summed E-state index contributed by atoms with van der Waals surface area (Å²) in [7, 11) is -3.56. The van der Waals surface area contributed by atoms with Gasteiger partial charge < -0.3 is 10.2 Å². The molecule has 1 aliphatic heterocycles. The number of aryl methyl sites for hydroxylation is 2. The van der Waals surface area contributed by atoms with Crippen LogP contribution in [0.25, 0.3) is 0 Å². The number of carbonyl (C=O) groups excluding carboxylic acids is 1. The maximum absolute atomic E-state index is 13.0. The first kappa shape index (κ1) is 25.2. The zero-order chi connectivity index (χ0) is 24.0. The molecular weight excluding hydrogens is 436 g/mol. The molecule has 0 saturated carbocycles. The van der Waals surface area contributed by atoms with E-state index in [0.717, 1.165) is 36.3 Å². The monoisotopic (exact) mass is 472 g/mol. The number of hydrogen-bond acceptors (Lipinski definition) is 4. The summed E-state index contributed by atoms with van der Waals surface area (Å²) in [6.45, 7) is 12.8. The Morgan fingerprint density at radius 3 is 2.12 bits per heavy atom. The number of sulfonamides is 1. The average Bonchev–Trinajstić information content (AvgIpc) is 2.81. The summed E-state index contributed by atoms with van der Waals surface area (Å²) in [5.41, 5.74) is 4.09. The lowest BCUT2D eigenvalue weighted by molar-refractivity contribution is 0.172. The first-order valence-electron chi connectivity index (χ1n) is 11.6. The Kier molecular flexibility index (Phi) is 8.51. The summed E-state index contributed by atoms with van der Waals surface area (Å²) < 4.78 is 27.6. The van der Waals surface area contributed by atoms with Crippen LogP contribution in [0.5, 0.6) is 0 Å². The minimum absolute atomic E-state index is 0.161. The van der Waals surface area contributed by atoms with Crippen molar-refractivity contribution in [1.82, 2.24) is 19.4 Å². The lowest BCUT2D eigenvalue weighted by Crippen LogP contribution is -2.53. The molecule has 1 fully saturated rings. The highest BCUT2D eigenvalue weighted by Gasteiger charge is 2.31. The van der Waals surface area contributed by atoms with Gasteiger partial charge in [-0.2, -0.15) is 4.31 Å². The number of hydrogen-bond donors (Lipinski definition) is 1. The van der Waals surface area contributed by atoms with Gasteiger partial charge in [-0.3, -0.25) is 4.90 Å². The number of amides is 2. The van der Waals surface area contributed by atoms with E-state index in [2.05, 4.69) is 36.2 Å². The third-order valence-corrected chi connectivity index (χ3v) is 8.30. The molecule has 2 aromatic rings. The summed E-state index contributed by atoms with van der Waals surface area (Å²) in [6, 6.07) is 13.5. The molecule has 0 atom stereocenters. The van der Waals surface area contributed by atoms with E-state index in [1.807, 2.05) is 38.1 Å². The molecule has 180 valence electrons. The predicted molar refractivity (Wildman–Crippen MR) is 132 cm³/mol. The van der Waals surface area contributed by atoms with Gasteiger partial charge in [0.2, 0.25) is 10.0 Å². The average molecular weight is 473 g/mol. The van der Waals surface area contributed by atoms with Crippen molar-refractivity contribution in [3.63, 3.8) is 0 Å². The van der Waals surface area contributed by atoms with Crippen molar-refractivity contribution >= 4 is 16.1 Å². The Labute approximate surface area is 198 Å². The lowest BCUT2D eigenvalue weighted by atomic mass is 10.1. The van der Waals surface area contributed by atoms with Gasteiger partial charge in [-0.1, -0.05) is 55.8 Å². The Morgan fingerprint density at radius 1 is 0.939 bits per heavy atom. The molecule has 33 heavy (non-hydrogen) atoms. The fourth-order valence-corrected chi connectivity index (χ4v) is 5.74. The number of piperazine rings is 1. The van der Waals surface area contributed by atoms with Gasteiger partial charge in [0.15, 0.2) is 0 Å². The van der Waals surface area contributed by atoms with Crippen molar-refractivity contribution in [2.45, 2.75) is 45.7 Å². The number of carbonyl (C=O) groups is 1. The number of urea groups is 1. The standard InChI is InChI=1S/C25H36N4O3S/c1-5-27(6-2)19-23-10-8-22(9-11-23)18-26-25(30)28-13-15-29(16-14-28)33(31,32)24-12-7-20(3)17-21(24)4/h7-12,17H,5-6,13-16,18-19H2,1-4H3,(H,26,30). The SMILES string of the molecule is CCN(CC)Cc1ccc(CNC(=O)N2CCN(S(=O)(=O)c3ccc(C)cc3C)CC2)cc1. The van der Waals surface area contributed by atoms with Crippen LogP contribution in [-0.4, -0.2) is 67.8 Å². The van der Waals surface area contributed by atoms with Gasteiger partial charge in [0, 0.05) is 39.3 Å². The Morgan fingerprint density at radius 2 is 1.55 bits per heavy atom. The summed E-state index contributed by atoms with van der Waals surface area (Å²) in [4.78, 5) is 17.0. The number of nitrogens with zero attached hydrogens (tertiary/aromatic N) is 3. The first-order valence-corrected chi connectivity index (χ1v) is 13.1. The van der Waals surface area contributed by atoms with Gasteiger partial charge in [0.05, 0.1) is 4.90 Å². The van der Waals surface area contributed by atoms with Crippen molar-refractivity contribution in [2.75, 3.05) is 39.3 Å². The van der Waals surface area contributed by atoms with Crippen LogP contribution in [0.15, 0.2) is 47.4 Å². The Balaban J connectivity index is 1.50. The third-order valence-electron chi connectivity index (χ3n) is 6.24. The van der Waals surface area contributed by atoms with E-state index in [1.54, 1.807) is 11.0 Å². The van der Waals surface area contributed by atoms with Gasteiger partial charge in [-0.25, -0.2) is 13.2 Å². The number of benzene rings is 2. The number of nitrogens with one attached hydrogen (secondary N) is 1. The summed E-state index contributed by atoms with van der Waals surface area (Å²) in [5.74, 6) is 0. The van der Waals surface area contributed by atoms with Crippen LogP contribution in [-0.2, 0) is 23.1 Å². The van der Waals surface area contributed by atoms with E-state index in [1.165, 1.54) is 9.87 Å². The van der Waals surface area contributed by atoms with E-state index in [0.29, 0.717) is 37.6 Å². The fraction of sp³-hybridized carbons (Fsp3) is 0.480. The normalized spacial score (nSPS) is 15.1. The molecular formula is C25H36N4O3S. The third kappa shape index (κ3) is 6.34. The molecule has 8 heteroatoms. The van der Waals surface area contributed by atoms with Crippen molar-refractivity contribution in [3.05, 3.63) is 64.7 Å². The van der Waals surface area contributed by atoms with Crippen LogP contribution in [0.2, 0.25) is 0 Å². The van der Waals surface area contributed by atoms with Gasteiger partial charge >= 0.3 is 6.03 Å². The molecule has 1 N–H and O–H groups in total. The molecule has 1 aliphatic rings. The summed E-state index contributed by atoms with van der Waals surface area (Å²) >= 11 is 0. The van der Waals surface area contributed by atoms with E-state index in [-0.39, 0.29) is 6.03 Å². The highest BCUT2D eigenvalue weighted by atomic mass is 32.2. The zero-order valence-corrected chi connectivity index (χ0v) is 21.0. The van der Waals surface area contributed by atoms with Crippen LogP contribution >= 0.6 is 0 Å². The van der Waals surface area contributed by atoms with Crippen molar-refractivity contribution in [3.8, 4) is 0 Å². The van der Waals surface area contributed by atoms with E-state index in [4.69, 9.17) is 0 Å². The smallest absolute Gasteiger partial charge is 0.317 e. The maximum Gasteiger partial charge on any atom is 0.317 e. The molecule has 2 aromatic carbocycles. The minimum Gasteiger partial charge on any atom is -0.334 e. The van der Waals surface area contributed by atoms with Gasteiger partial charge in [0.25, 0.3) is 0 Å². The van der Waals surface area contributed by atoms with E-state index in [9.17, 15) is 13.2 Å². The van der Waals surface area contributed by atoms with Crippen LogP contribution in [0.1, 0.15) is 36.1 Å². The van der Waals surface area contributed by atoms with Gasteiger partial charge in [-0.15, -0.1) is 0 Å². The molecule has 0 radical (unpaired) electrons. The first-order chi connectivity index (χ1) is 15.7. The Hall–Kier alpha value is -2.42. The van der Waals surface area contributed by atoms with Crippen LogP contribution < -0.4 is 5.32 Å². The van der Waals surface area contributed by atoms with Crippen LogP contribution in [0.3, 0.4) is 0 Å².